The van der Waals surface area contributed by atoms with Crippen LogP contribution in [0.3, 0.4) is 0 Å². The number of hydrogen-bond donors (Lipinski definition) is 2. The summed E-state index contributed by atoms with van der Waals surface area (Å²) in [7, 11) is 0. The van der Waals surface area contributed by atoms with Gasteiger partial charge in [-0.2, -0.15) is 5.10 Å². The molecule has 0 aromatic carbocycles. The van der Waals surface area contributed by atoms with Gasteiger partial charge in [0.1, 0.15) is 5.69 Å². The Morgan fingerprint density at radius 1 is 1.32 bits per heavy atom. The molecule has 0 unspecified atom stereocenters. The van der Waals surface area contributed by atoms with Crippen LogP contribution in [0.5, 0.6) is 0 Å². The van der Waals surface area contributed by atoms with E-state index in [1.807, 2.05) is 12.1 Å². The van der Waals surface area contributed by atoms with Crippen molar-refractivity contribution in [1.29, 1.82) is 0 Å². The molecule has 0 radical (unpaired) electrons. The third kappa shape index (κ3) is 2.83. The first-order valence-corrected chi connectivity index (χ1v) is 7.13. The van der Waals surface area contributed by atoms with E-state index < -0.39 is 5.97 Å². The molecule has 114 valence electrons. The molecule has 1 aliphatic rings. The second-order valence-corrected chi connectivity index (χ2v) is 5.31. The minimum atomic E-state index is -0.785. The molecule has 2 N–H and O–H groups in total. The van der Waals surface area contributed by atoms with Crippen LogP contribution in [0.15, 0.2) is 30.6 Å². The fourth-order valence-electron chi connectivity index (χ4n) is 2.59. The van der Waals surface area contributed by atoms with E-state index in [4.69, 9.17) is 5.11 Å². The van der Waals surface area contributed by atoms with Crippen molar-refractivity contribution in [3.63, 3.8) is 0 Å². The van der Waals surface area contributed by atoms with E-state index in [2.05, 4.69) is 15.2 Å². The maximum Gasteiger partial charge on any atom is 0.306 e. The van der Waals surface area contributed by atoms with Crippen molar-refractivity contribution >= 4 is 11.9 Å². The second kappa shape index (κ2) is 5.97. The van der Waals surface area contributed by atoms with Gasteiger partial charge in [-0.1, -0.05) is 0 Å². The van der Waals surface area contributed by atoms with Gasteiger partial charge < -0.3 is 10.0 Å². The molecule has 3 rings (SSSR count). The second-order valence-electron chi connectivity index (χ2n) is 5.31. The number of piperidine rings is 1. The number of aromatic nitrogens is 3. The number of nitrogens with one attached hydrogen (secondary N) is 1. The lowest BCUT2D eigenvalue weighted by Gasteiger charge is -2.29. The molecule has 3 heterocycles. The summed E-state index contributed by atoms with van der Waals surface area (Å²) in [6.07, 6.45) is 4.34. The predicted molar refractivity (Wildman–Crippen MR) is 78.1 cm³/mol. The highest BCUT2D eigenvalue weighted by molar-refractivity contribution is 5.93. The lowest BCUT2D eigenvalue weighted by atomic mass is 9.97. The Balaban J connectivity index is 1.69. The normalized spacial score (nSPS) is 15.7. The molecule has 0 aliphatic carbocycles. The smallest absolute Gasteiger partial charge is 0.306 e. The molecule has 1 fully saturated rings. The lowest BCUT2D eigenvalue weighted by Crippen LogP contribution is -2.40. The number of nitrogens with zero attached hydrogens (tertiary/aromatic N) is 3. The Morgan fingerprint density at radius 3 is 2.73 bits per heavy atom. The Hall–Kier alpha value is -2.70. The molecule has 1 amide bonds. The molecule has 7 heteroatoms. The zero-order chi connectivity index (χ0) is 15.5. The summed E-state index contributed by atoms with van der Waals surface area (Å²) in [4.78, 5) is 29.0. The van der Waals surface area contributed by atoms with E-state index in [0.29, 0.717) is 37.3 Å². The molecule has 22 heavy (non-hydrogen) atoms. The van der Waals surface area contributed by atoms with Gasteiger partial charge in [-0.15, -0.1) is 0 Å². The van der Waals surface area contributed by atoms with Crippen LogP contribution in [0.1, 0.15) is 23.3 Å². The average Bonchev–Trinajstić information content (AvgIpc) is 3.05. The fraction of sp³-hybridized carbons (Fsp3) is 0.333. The van der Waals surface area contributed by atoms with Gasteiger partial charge in [0.25, 0.3) is 5.91 Å². The van der Waals surface area contributed by atoms with Gasteiger partial charge in [0, 0.05) is 31.0 Å². The van der Waals surface area contributed by atoms with Crippen molar-refractivity contribution in [2.75, 3.05) is 13.1 Å². The molecular formula is C15H16N4O3. The highest BCUT2D eigenvalue weighted by atomic mass is 16.4. The Kier molecular flexibility index (Phi) is 3.86. The van der Waals surface area contributed by atoms with Crippen molar-refractivity contribution < 1.29 is 14.7 Å². The SMILES string of the molecule is O=C(O)C1CCN(C(=O)c2cc(-c3cccnc3)n[nH]2)CC1. The van der Waals surface area contributed by atoms with Crippen LogP contribution in [-0.4, -0.2) is 50.2 Å². The zero-order valence-electron chi connectivity index (χ0n) is 11.9. The van der Waals surface area contributed by atoms with Crippen molar-refractivity contribution in [1.82, 2.24) is 20.1 Å². The number of hydrogen-bond acceptors (Lipinski definition) is 4. The third-order valence-corrected chi connectivity index (χ3v) is 3.90. The van der Waals surface area contributed by atoms with Gasteiger partial charge in [-0.3, -0.25) is 19.7 Å². The minimum absolute atomic E-state index is 0.147. The van der Waals surface area contributed by atoms with E-state index in [1.165, 1.54) is 0 Å². The maximum atomic E-state index is 12.4. The number of carboxylic acids is 1. The molecule has 1 saturated heterocycles. The van der Waals surface area contributed by atoms with Crippen LogP contribution in [0, 0.1) is 5.92 Å². The number of carbonyl (C=O) groups excluding carboxylic acids is 1. The summed E-state index contributed by atoms with van der Waals surface area (Å²) in [6.45, 7) is 0.911. The van der Waals surface area contributed by atoms with Crippen LogP contribution in [-0.2, 0) is 4.79 Å². The third-order valence-electron chi connectivity index (χ3n) is 3.90. The van der Waals surface area contributed by atoms with Gasteiger partial charge in [0.2, 0.25) is 0 Å². The number of likely N-dealkylation sites (tertiary alicyclic amines) is 1. The van der Waals surface area contributed by atoms with Crippen LogP contribution in [0.25, 0.3) is 11.3 Å². The topological polar surface area (TPSA) is 99.2 Å². The first kappa shape index (κ1) is 14.2. The predicted octanol–water partition coefficient (Wildman–Crippen LogP) is 1.41. The molecule has 2 aromatic rings. The molecule has 1 aliphatic heterocycles. The number of carboxylic acid groups (broad SMARTS) is 1. The standard InChI is InChI=1S/C15H16N4O3/c20-14(19-6-3-10(4-7-19)15(21)22)13-8-12(17-18-13)11-2-1-5-16-9-11/h1-2,5,8-10H,3-4,6-7H2,(H,17,18)(H,21,22). The Bertz CT molecular complexity index is 675. The highest BCUT2D eigenvalue weighted by Crippen LogP contribution is 2.21. The first-order chi connectivity index (χ1) is 10.6. The summed E-state index contributed by atoms with van der Waals surface area (Å²) < 4.78 is 0. The van der Waals surface area contributed by atoms with E-state index in [9.17, 15) is 9.59 Å². The van der Waals surface area contributed by atoms with E-state index >= 15 is 0 Å². The van der Waals surface area contributed by atoms with Crippen LogP contribution in [0.4, 0.5) is 0 Å². The number of pyridine rings is 1. The van der Waals surface area contributed by atoms with Crippen molar-refractivity contribution in [2.24, 2.45) is 5.92 Å². The molecule has 2 aromatic heterocycles. The van der Waals surface area contributed by atoms with Crippen molar-refractivity contribution in [2.45, 2.75) is 12.8 Å². The summed E-state index contributed by atoms with van der Waals surface area (Å²) in [5, 5.41) is 15.9. The highest BCUT2D eigenvalue weighted by Gasteiger charge is 2.28. The molecule has 0 atom stereocenters. The van der Waals surface area contributed by atoms with Crippen LogP contribution in [0.2, 0.25) is 0 Å². The number of H-pyrrole nitrogens is 1. The van der Waals surface area contributed by atoms with Gasteiger partial charge in [0.15, 0.2) is 0 Å². The molecule has 0 saturated carbocycles. The van der Waals surface area contributed by atoms with E-state index in [0.717, 1.165) is 5.56 Å². The summed E-state index contributed by atoms with van der Waals surface area (Å²) >= 11 is 0. The zero-order valence-corrected chi connectivity index (χ0v) is 11.9. The number of amides is 1. The van der Waals surface area contributed by atoms with Crippen LogP contribution >= 0.6 is 0 Å². The fourth-order valence-corrected chi connectivity index (χ4v) is 2.59. The van der Waals surface area contributed by atoms with Gasteiger partial charge in [0.05, 0.1) is 11.6 Å². The molecule has 7 nitrogen and oxygen atoms in total. The quantitative estimate of drug-likeness (QED) is 0.892. The van der Waals surface area contributed by atoms with Crippen LogP contribution < -0.4 is 0 Å². The maximum absolute atomic E-state index is 12.4. The number of rotatable bonds is 3. The number of carbonyl (C=O) groups is 2. The number of aliphatic carboxylic acids is 1. The van der Waals surface area contributed by atoms with E-state index in [1.54, 1.807) is 23.4 Å². The van der Waals surface area contributed by atoms with Crippen molar-refractivity contribution in [3.8, 4) is 11.3 Å². The van der Waals surface area contributed by atoms with Gasteiger partial charge >= 0.3 is 5.97 Å². The molecular weight excluding hydrogens is 284 g/mol. The van der Waals surface area contributed by atoms with E-state index in [-0.39, 0.29) is 11.8 Å². The Labute approximate surface area is 127 Å². The van der Waals surface area contributed by atoms with Gasteiger partial charge in [-0.05, 0) is 31.0 Å². The van der Waals surface area contributed by atoms with Crippen molar-refractivity contribution in [3.05, 3.63) is 36.3 Å². The summed E-state index contributed by atoms with van der Waals surface area (Å²) in [6, 6.07) is 5.38. The molecule has 0 spiro atoms. The largest absolute Gasteiger partial charge is 0.481 e. The summed E-state index contributed by atoms with van der Waals surface area (Å²) in [5.41, 5.74) is 1.91. The lowest BCUT2D eigenvalue weighted by molar-refractivity contribution is -0.143. The number of aromatic amines is 1. The summed E-state index contributed by atoms with van der Waals surface area (Å²) in [5.74, 6) is -1.28. The monoisotopic (exact) mass is 300 g/mol. The average molecular weight is 300 g/mol. The minimum Gasteiger partial charge on any atom is -0.481 e. The Morgan fingerprint density at radius 2 is 2.09 bits per heavy atom. The first-order valence-electron chi connectivity index (χ1n) is 7.13. The van der Waals surface area contributed by atoms with Gasteiger partial charge in [-0.25, -0.2) is 0 Å². The molecule has 0 bridgehead atoms.